The summed E-state index contributed by atoms with van der Waals surface area (Å²) in [5.74, 6) is -1.64. The van der Waals surface area contributed by atoms with E-state index in [1.54, 1.807) is 6.07 Å². The Morgan fingerprint density at radius 1 is 0.931 bits per heavy atom. The minimum atomic E-state index is -3.92. The van der Waals surface area contributed by atoms with E-state index in [0.29, 0.717) is 4.47 Å². The Morgan fingerprint density at radius 3 is 2.24 bits per heavy atom. The Kier molecular flexibility index (Phi) is 5.99. The molecule has 0 aliphatic rings. The van der Waals surface area contributed by atoms with Gasteiger partial charge in [-0.25, -0.2) is 17.2 Å². The van der Waals surface area contributed by atoms with Gasteiger partial charge < -0.3 is 5.32 Å². The SMILES string of the molecule is Cc1cc(S(=O)(=O)Nc2ccc(C(=O)Nc3ccc(Br)cc3F)cc2)ccc1F. The topological polar surface area (TPSA) is 75.3 Å². The molecule has 0 saturated carbocycles. The Bertz CT molecular complexity index is 1180. The third-order valence-electron chi connectivity index (χ3n) is 4.02. The molecule has 0 bridgehead atoms. The summed E-state index contributed by atoms with van der Waals surface area (Å²) >= 11 is 3.14. The van der Waals surface area contributed by atoms with E-state index in [9.17, 15) is 22.0 Å². The standard InChI is InChI=1S/C20H15BrF2N2O3S/c1-12-10-16(7-8-17(12)22)29(27,28)25-15-5-2-13(3-6-15)20(26)24-19-9-4-14(21)11-18(19)23/h2-11,25H,1H3,(H,24,26). The lowest BCUT2D eigenvalue weighted by Gasteiger charge is -2.10. The second-order valence-electron chi connectivity index (χ2n) is 6.17. The van der Waals surface area contributed by atoms with Crippen LogP contribution in [0.1, 0.15) is 15.9 Å². The fraction of sp³-hybridized carbons (Fsp3) is 0.0500. The second kappa shape index (κ2) is 8.30. The van der Waals surface area contributed by atoms with Crippen molar-refractivity contribution in [2.45, 2.75) is 11.8 Å². The van der Waals surface area contributed by atoms with Gasteiger partial charge in [0.1, 0.15) is 11.6 Å². The molecule has 0 aromatic heterocycles. The zero-order valence-electron chi connectivity index (χ0n) is 15.0. The number of carbonyl (C=O) groups excluding carboxylic acids is 1. The summed E-state index contributed by atoms with van der Waals surface area (Å²) in [6, 6.07) is 13.3. The minimum absolute atomic E-state index is 0.0228. The van der Waals surface area contributed by atoms with E-state index >= 15 is 0 Å². The fourth-order valence-corrected chi connectivity index (χ4v) is 3.95. The molecule has 0 aliphatic heterocycles. The second-order valence-corrected chi connectivity index (χ2v) is 8.77. The number of carbonyl (C=O) groups is 1. The molecule has 0 heterocycles. The quantitative estimate of drug-likeness (QED) is 0.533. The third-order valence-corrected chi connectivity index (χ3v) is 5.89. The van der Waals surface area contributed by atoms with Gasteiger partial charge in [0.2, 0.25) is 0 Å². The number of hydrogen-bond acceptors (Lipinski definition) is 3. The van der Waals surface area contributed by atoms with Gasteiger partial charge in [-0.1, -0.05) is 15.9 Å². The van der Waals surface area contributed by atoms with Crippen molar-refractivity contribution >= 4 is 43.2 Å². The lowest BCUT2D eigenvalue weighted by Crippen LogP contribution is -2.15. The molecule has 0 spiro atoms. The van der Waals surface area contributed by atoms with Crippen LogP contribution in [0.15, 0.2) is 70.0 Å². The number of benzene rings is 3. The van der Waals surface area contributed by atoms with Crippen LogP contribution in [-0.4, -0.2) is 14.3 Å². The molecular weight excluding hydrogens is 466 g/mol. The van der Waals surface area contributed by atoms with E-state index < -0.39 is 27.6 Å². The van der Waals surface area contributed by atoms with Crippen LogP contribution in [0.2, 0.25) is 0 Å². The zero-order chi connectivity index (χ0) is 21.2. The minimum Gasteiger partial charge on any atom is -0.319 e. The Hall–Kier alpha value is -2.78. The summed E-state index contributed by atoms with van der Waals surface area (Å²) in [6.45, 7) is 1.47. The molecule has 3 rings (SSSR count). The van der Waals surface area contributed by atoms with E-state index in [-0.39, 0.29) is 27.4 Å². The number of aryl methyl sites for hydroxylation is 1. The highest BCUT2D eigenvalue weighted by molar-refractivity contribution is 9.10. The van der Waals surface area contributed by atoms with Gasteiger partial charge in [-0.3, -0.25) is 9.52 Å². The molecule has 0 fully saturated rings. The van der Waals surface area contributed by atoms with Crippen molar-refractivity contribution in [3.8, 4) is 0 Å². The highest BCUT2D eigenvalue weighted by Gasteiger charge is 2.16. The zero-order valence-corrected chi connectivity index (χ0v) is 17.4. The van der Waals surface area contributed by atoms with Gasteiger partial charge in [0.05, 0.1) is 10.6 Å². The molecule has 5 nitrogen and oxygen atoms in total. The van der Waals surface area contributed by atoms with Crippen LogP contribution >= 0.6 is 15.9 Å². The molecular formula is C20H15BrF2N2O3S. The third kappa shape index (κ3) is 4.99. The monoisotopic (exact) mass is 480 g/mol. The van der Waals surface area contributed by atoms with Gasteiger partial charge >= 0.3 is 0 Å². The molecule has 3 aromatic carbocycles. The number of hydrogen-bond donors (Lipinski definition) is 2. The Balaban J connectivity index is 1.74. The maximum atomic E-state index is 13.8. The summed E-state index contributed by atoms with van der Waals surface area (Å²) in [7, 11) is -3.92. The summed E-state index contributed by atoms with van der Waals surface area (Å²) in [4.78, 5) is 12.2. The van der Waals surface area contributed by atoms with Crippen molar-refractivity contribution in [2.75, 3.05) is 10.0 Å². The number of amides is 1. The van der Waals surface area contributed by atoms with Gasteiger partial charge in [-0.15, -0.1) is 0 Å². The Labute approximate surface area is 174 Å². The predicted molar refractivity (Wildman–Crippen MR) is 110 cm³/mol. The highest BCUT2D eigenvalue weighted by atomic mass is 79.9. The first-order valence-corrected chi connectivity index (χ1v) is 10.6. The summed E-state index contributed by atoms with van der Waals surface area (Å²) in [5, 5.41) is 2.45. The summed E-state index contributed by atoms with van der Waals surface area (Å²) < 4.78 is 55.0. The van der Waals surface area contributed by atoms with Crippen molar-refractivity contribution in [2.24, 2.45) is 0 Å². The molecule has 0 atom stereocenters. The molecule has 0 saturated heterocycles. The molecule has 2 N–H and O–H groups in total. The molecule has 0 aliphatic carbocycles. The van der Waals surface area contributed by atoms with Gasteiger partial charge in [-0.05, 0) is 73.2 Å². The van der Waals surface area contributed by atoms with Gasteiger partial charge in [0.15, 0.2) is 0 Å². The number of sulfonamides is 1. The van der Waals surface area contributed by atoms with Crippen LogP contribution in [-0.2, 0) is 10.0 Å². The first-order valence-electron chi connectivity index (χ1n) is 8.31. The van der Waals surface area contributed by atoms with Crippen LogP contribution in [0.3, 0.4) is 0 Å². The van der Waals surface area contributed by atoms with Crippen molar-refractivity contribution in [1.29, 1.82) is 0 Å². The van der Waals surface area contributed by atoms with Crippen molar-refractivity contribution < 1.29 is 22.0 Å². The predicted octanol–water partition coefficient (Wildman–Crippen LogP) is 5.09. The van der Waals surface area contributed by atoms with Gasteiger partial charge in [0.25, 0.3) is 15.9 Å². The lowest BCUT2D eigenvalue weighted by atomic mass is 10.2. The van der Waals surface area contributed by atoms with Crippen LogP contribution in [0.25, 0.3) is 0 Å². The molecule has 150 valence electrons. The molecule has 1 amide bonds. The highest BCUT2D eigenvalue weighted by Crippen LogP contribution is 2.22. The average molecular weight is 481 g/mol. The number of halogens is 3. The lowest BCUT2D eigenvalue weighted by molar-refractivity contribution is 0.102. The largest absolute Gasteiger partial charge is 0.319 e. The van der Waals surface area contributed by atoms with Crippen LogP contribution in [0.5, 0.6) is 0 Å². The van der Waals surface area contributed by atoms with Crippen molar-refractivity contribution in [1.82, 2.24) is 0 Å². The first kappa shape index (κ1) is 20.9. The molecule has 0 radical (unpaired) electrons. The maximum absolute atomic E-state index is 13.8. The maximum Gasteiger partial charge on any atom is 0.261 e. The number of anilines is 2. The van der Waals surface area contributed by atoms with Crippen molar-refractivity contribution in [3.63, 3.8) is 0 Å². The molecule has 0 unspecified atom stereocenters. The van der Waals surface area contributed by atoms with Crippen LogP contribution < -0.4 is 10.0 Å². The van der Waals surface area contributed by atoms with E-state index in [0.717, 1.165) is 6.07 Å². The number of nitrogens with one attached hydrogen (secondary N) is 2. The number of rotatable bonds is 5. The molecule has 9 heteroatoms. The van der Waals surface area contributed by atoms with E-state index in [2.05, 4.69) is 26.0 Å². The van der Waals surface area contributed by atoms with Gasteiger partial charge in [-0.2, -0.15) is 0 Å². The average Bonchev–Trinajstić information content (AvgIpc) is 2.66. The molecule has 3 aromatic rings. The normalized spacial score (nSPS) is 11.2. The van der Waals surface area contributed by atoms with Crippen LogP contribution in [0.4, 0.5) is 20.2 Å². The smallest absolute Gasteiger partial charge is 0.261 e. The van der Waals surface area contributed by atoms with Crippen molar-refractivity contribution in [3.05, 3.63) is 87.9 Å². The fourth-order valence-electron chi connectivity index (χ4n) is 2.47. The van der Waals surface area contributed by atoms with E-state index in [1.165, 1.54) is 55.5 Å². The molecule has 29 heavy (non-hydrogen) atoms. The van der Waals surface area contributed by atoms with E-state index in [1.807, 2.05) is 0 Å². The van der Waals surface area contributed by atoms with Crippen LogP contribution in [0, 0.1) is 18.6 Å². The summed E-state index contributed by atoms with van der Waals surface area (Å²) in [6.07, 6.45) is 0. The van der Waals surface area contributed by atoms with E-state index in [4.69, 9.17) is 0 Å². The first-order chi connectivity index (χ1) is 13.7. The summed E-state index contributed by atoms with van der Waals surface area (Å²) in [5.41, 5.74) is 0.668. The Morgan fingerprint density at radius 2 is 1.62 bits per heavy atom. The van der Waals surface area contributed by atoms with Gasteiger partial charge in [0, 0.05) is 15.7 Å².